The average Bonchev–Trinajstić information content (AvgIpc) is 3.25. The van der Waals surface area contributed by atoms with Crippen LogP contribution in [0.25, 0.3) is 5.65 Å². The molecule has 0 aromatic carbocycles. The van der Waals surface area contributed by atoms with E-state index in [-0.39, 0.29) is 11.5 Å². The van der Waals surface area contributed by atoms with Gasteiger partial charge in [-0.3, -0.25) is 18.8 Å². The number of carbonyl (C=O) groups excluding carboxylic acids is 1. The summed E-state index contributed by atoms with van der Waals surface area (Å²) in [6.45, 7) is 0.819. The lowest BCUT2D eigenvalue weighted by Crippen LogP contribution is -2.40. The van der Waals surface area contributed by atoms with Crippen LogP contribution in [0.4, 0.5) is 5.69 Å². The summed E-state index contributed by atoms with van der Waals surface area (Å²) in [6.07, 6.45) is 8.65. The third kappa shape index (κ3) is 5.59. The summed E-state index contributed by atoms with van der Waals surface area (Å²) in [7, 11) is 0. The molecule has 1 saturated carbocycles. The number of nitrogens with zero attached hydrogens (tertiary/aromatic N) is 5. The SMILES string of the molecule is Nc1ccn2c(=O)cc(Cn3cc(CCCCNC(=O)[C@@H]4CCCC[C@@H]4C(=O)O)nn3)nc2c1. The first-order chi connectivity index (χ1) is 16.4. The Bertz CT molecular complexity index is 1240. The van der Waals surface area contributed by atoms with Crippen LogP contribution in [0.1, 0.15) is 49.9 Å². The molecule has 1 aliphatic carbocycles. The van der Waals surface area contributed by atoms with Crippen LogP contribution >= 0.6 is 0 Å². The number of hydrogen-bond donors (Lipinski definition) is 3. The minimum atomic E-state index is -0.879. The van der Waals surface area contributed by atoms with E-state index in [0.29, 0.717) is 49.4 Å². The predicted molar refractivity (Wildman–Crippen MR) is 124 cm³/mol. The summed E-state index contributed by atoms with van der Waals surface area (Å²) >= 11 is 0. The number of nitrogen functional groups attached to an aromatic ring is 1. The van der Waals surface area contributed by atoms with Crippen molar-refractivity contribution >= 4 is 23.2 Å². The molecule has 180 valence electrons. The topological polar surface area (TPSA) is 158 Å². The third-order valence-electron chi connectivity index (χ3n) is 6.23. The molecule has 34 heavy (non-hydrogen) atoms. The van der Waals surface area contributed by atoms with Gasteiger partial charge in [0.05, 0.1) is 29.8 Å². The highest BCUT2D eigenvalue weighted by atomic mass is 16.4. The lowest BCUT2D eigenvalue weighted by Gasteiger charge is -2.27. The molecule has 0 unspecified atom stereocenters. The first kappa shape index (κ1) is 23.4. The monoisotopic (exact) mass is 467 g/mol. The minimum absolute atomic E-state index is 0.154. The fourth-order valence-electron chi connectivity index (χ4n) is 4.46. The number of aryl methyl sites for hydroxylation is 1. The average molecular weight is 468 g/mol. The van der Waals surface area contributed by atoms with Gasteiger partial charge in [-0.2, -0.15) is 0 Å². The van der Waals surface area contributed by atoms with Gasteiger partial charge in [0.1, 0.15) is 5.65 Å². The lowest BCUT2D eigenvalue weighted by atomic mass is 9.78. The van der Waals surface area contributed by atoms with Crippen molar-refractivity contribution in [3.8, 4) is 0 Å². The van der Waals surface area contributed by atoms with Crippen LogP contribution in [0.15, 0.2) is 35.4 Å². The fraction of sp³-hybridized carbons (Fsp3) is 0.478. The molecule has 1 aliphatic rings. The standard InChI is InChI=1S/C23H29N7O4/c24-15-8-10-30-20(11-15)26-17(12-21(30)31)14-29-13-16(27-28-29)5-3-4-9-25-22(32)18-6-1-2-7-19(18)23(33)34/h8,10-13,18-19H,1-7,9,14,24H2,(H,25,32)(H,33,34)/t18-,19+/m1/s1. The highest BCUT2D eigenvalue weighted by Gasteiger charge is 2.35. The second kappa shape index (κ2) is 10.4. The Labute approximate surface area is 196 Å². The van der Waals surface area contributed by atoms with E-state index in [1.165, 1.54) is 10.5 Å². The maximum absolute atomic E-state index is 12.4. The number of aromatic nitrogens is 5. The molecule has 0 radical (unpaired) electrons. The van der Waals surface area contributed by atoms with Gasteiger partial charge in [0.25, 0.3) is 5.56 Å². The Morgan fingerprint density at radius 3 is 2.74 bits per heavy atom. The van der Waals surface area contributed by atoms with Crippen molar-refractivity contribution < 1.29 is 14.7 Å². The highest BCUT2D eigenvalue weighted by Crippen LogP contribution is 2.30. The number of carboxylic acids is 1. The summed E-state index contributed by atoms with van der Waals surface area (Å²) in [5.74, 6) is -2.04. The molecule has 11 heteroatoms. The van der Waals surface area contributed by atoms with Gasteiger partial charge in [-0.25, -0.2) is 9.67 Å². The molecular weight excluding hydrogens is 438 g/mol. The number of rotatable bonds is 9. The number of hydrogen-bond acceptors (Lipinski definition) is 7. The van der Waals surface area contributed by atoms with E-state index in [1.54, 1.807) is 23.0 Å². The van der Waals surface area contributed by atoms with Crippen molar-refractivity contribution in [2.24, 2.45) is 11.8 Å². The number of nitrogens with two attached hydrogens (primary N) is 1. The quantitative estimate of drug-likeness (QED) is 0.397. The maximum atomic E-state index is 12.4. The molecule has 3 aromatic rings. The number of amides is 1. The molecule has 3 aromatic heterocycles. The van der Waals surface area contributed by atoms with Gasteiger partial charge >= 0.3 is 5.97 Å². The van der Waals surface area contributed by atoms with Crippen molar-refractivity contribution in [3.63, 3.8) is 0 Å². The second-order valence-electron chi connectivity index (χ2n) is 8.77. The number of nitrogens with one attached hydrogen (secondary N) is 1. The Balaban J connectivity index is 1.24. The van der Waals surface area contributed by atoms with Crippen LogP contribution in [-0.2, 0) is 22.6 Å². The number of carboxylic acid groups (broad SMARTS) is 1. The van der Waals surface area contributed by atoms with Crippen LogP contribution in [0.5, 0.6) is 0 Å². The molecule has 0 spiro atoms. The minimum Gasteiger partial charge on any atom is -0.481 e. The van der Waals surface area contributed by atoms with Gasteiger partial charge in [0, 0.05) is 36.8 Å². The zero-order valence-electron chi connectivity index (χ0n) is 18.9. The summed E-state index contributed by atoms with van der Waals surface area (Å²) in [5, 5.41) is 20.5. The smallest absolute Gasteiger partial charge is 0.307 e. The Morgan fingerprint density at radius 2 is 1.94 bits per heavy atom. The number of fused-ring (bicyclic) bond motifs is 1. The van der Waals surface area contributed by atoms with Crippen molar-refractivity contribution in [2.75, 3.05) is 12.3 Å². The molecule has 1 amide bonds. The molecule has 11 nitrogen and oxygen atoms in total. The second-order valence-corrected chi connectivity index (χ2v) is 8.77. The van der Waals surface area contributed by atoms with Gasteiger partial charge in [-0.15, -0.1) is 5.10 Å². The molecule has 4 rings (SSSR count). The van der Waals surface area contributed by atoms with Crippen molar-refractivity contribution in [1.29, 1.82) is 0 Å². The van der Waals surface area contributed by atoms with E-state index in [4.69, 9.17) is 5.73 Å². The number of unbranched alkanes of at least 4 members (excludes halogenated alkanes) is 1. The summed E-state index contributed by atoms with van der Waals surface area (Å²) < 4.78 is 3.07. The van der Waals surface area contributed by atoms with E-state index < -0.39 is 17.8 Å². The number of carbonyl (C=O) groups is 2. The van der Waals surface area contributed by atoms with Gasteiger partial charge in [-0.05, 0) is 38.2 Å². The highest BCUT2D eigenvalue weighted by molar-refractivity contribution is 5.84. The van der Waals surface area contributed by atoms with E-state index in [1.807, 2.05) is 6.20 Å². The van der Waals surface area contributed by atoms with Crippen molar-refractivity contribution in [1.82, 2.24) is 29.7 Å². The van der Waals surface area contributed by atoms with Crippen LogP contribution in [0, 0.1) is 11.8 Å². The summed E-state index contributed by atoms with van der Waals surface area (Å²) in [5.41, 5.74) is 7.99. The molecule has 2 atom stereocenters. The first-order valence-electron chi connectivity index (χ1n) is 11.6. The normalized spacial score (nSPS) is 18.1. The molecule has 4 N–H and O–H groups in total. The van der Waals surface area contributed by atoms with Gasteiger partial charge in [0.15, 0.2) is 0 Å². The predicted octanol–water partition coefficient (Wildman–Crippen LogP) is 1.25. The first-order valence-corrected chi connectivity index (χ1v) is 11.6. The van der Waals surface area contributed by atoms with E-state index >= 15 is 0 Å². The Kier molecular flexibility index (Phi) is 7.19. The lowest BCUT2D eigenvalue weighted by molar-refractivity contribution is -0.148. The molecule has 3 heterocycles. The van der Waals surface area contributed by atoms with E-state index in [0.717, 1.165) is 31.4 Å². The molecule has 0 saturated heterocycles. The maximum Gasteiger partial charge on any atom is 0.307 e. The van der Waals surface area contributed by atoms with Crippen LogP contribution in [-0.4, -0.2) is 47.9 Å². The summed E-state index contributed by atoms with van der Waals surface area (Å²) in [6, 6.07) is 4.76. The van der Waals surface area contributed by atoms with Crippen molar-refractivity contribution in [3.05, 3.63) is 52.3 Å². The van der Waals surface area contributed by atoms with Gasteiger partial charge in [0.2, 0.25) is 5.91 Å². The van der Waals surface area contributed by atoms with Crippen LogP contribution in [0.2, 0.25) is 0 Å². The number of anilines is 1. The molecular formula is C23H29N7O4. The van der Waals surface area contributed by atoms with Crippen LogP contribution in [0.3, 0.4) is 0 Å². The Morgan fingerprint density at radius 1 is 1.15 bits per heavy atom. The van der Waals surface area contributed by atoms with Crippen LogP contribution < -0.4 is 16.6 Å². The third-order valence-corrected chi connectivity index (χ3v) is 6.23. The molecule has 1 fully saturated rings. The van der Waals surface area contributed by atoms with Gasteiger partial charge in [-0.1, -0.05) is 18.1 Å². The van der Waals surface area contributed by atoms with E-state index in [2.05, 4.69) is 20.6 Å². The fourth-order valence-corrected chi connectivity index (χ4v) is 4.46. The largest absolute Gasteiger partial charge is 0.481 e. The van der Waals surface area contributed by atoms with Gasteiger partial charge < -0.3 is 16.2 Å². The molecule has 0 aliphatic heterocycles. The zero-order valence-corrected chi connectivity index (χ0v) is 18.9. The number of aliphatic carboxylic acids is 1. The Hall–Kier alpha value is -3.76. The van der Waals surface area contributed by atoms with Crippen molar-refractivity contribution in [2.45, 2.75) is 51.5 Å². The zero-order chi connectivity index (χ0) is 24.1. The van der Waals surface area contributed by atoms with E-state index in [9.17, 15) is 19.5 Å². The molecule has 0 bridgehead atoms. The summed E-state index contributed by atoms with van der Waals surface area (Å²) in [4.78, 5) is 40.6. The number of pyridine rings is 1.